The second-order valence-electron chi connectivity index (χ2n) is 5.62. The lowest BCUT2D eigenvalue weighted by Gasteiger charge is -2.17. The van der Waals surface area contributed by atoms with Gasteiger partial charge >= 0.3 is 0 Å². The topological polar surface area (TPSA) is 69.0 Å². The summed E-state index contributed by atoms with van der Waals surface area (Å²) in [5, 5.41) is 11.2. The predicted octanol–water partition coefficient (Wildman–Crippen LogP) is 1.73. The number of nitrogens with zero attached hydrogens (tertiary/aromatic N) is 3. The van der Waals surface area contributed by atoms with Gasteiger partial charge in [0.15, 0.2) is 0 Å². The van der Waals surface area contributed by atoms with Crippen LogP contribution in [0.3, 0.4) is 0 Å². The number of hydrogen-bond donors (Lipinski definition) is 1. The molecule has 0 fully saturated rings. The maximum Gasteiger partial charge on any atom is 0.251 e. The van der Waals surface area contributed by atoms with Gasteiger partial charge in [0.05, 0.1) is 7.11 Å². The third kappa shape index (κ3) is 2.95. The normalized spacial score (nSPS) is 17.5. The first-order chi connectivity index (χ1) is 10.7. The number of benzene rings is 1. The molecule has 1 aliphatic rings. The quantitative estimate of drug-likeness (QED) is 0.937. The van der Waals surface area contributed by atoms with Crippen molar-refractivity contribution in [3.8, 4) is 5.75 Å². The van der Waals surface area contributed by atoms with Gasteiger partial charge in [0.25, 0.3) is 5.91 Å². The minimum absolute atomic E-state index is 0.0252. The second kappa shape index (κ2) is 6.17. The van der Waals surface area contributed by atoms with Gasteiger partial charge in [-0.15, -0.1) is 10.2 Å². The van der Waals surface area contributed by atoms with Gasteiger partial charge in [-0.25, -0.2) is 0 Å². The summed E-state index contributed by atoms with van der Waals surface area (Å²) < 4.78 is 7.24. The lowest BCUT2D eigenvalue weighted by atomic mass is 10.1. The fraction of sp³-hybridized carbons (Fsp3) is 0.438. The standard InChI is InChI=1S/C16H20N4O2/c1-11-9-13(22-2)4-5-14(11)16(21)18-12-3-6-15-19-17-10-20(15)8-7-12/h4-5,9-10,12H,3,6-8H2,1-2H3,(H,18,21). The lowest BCUT2D eigenvalue weighted by molar-refractivity contribution is 0.0932. The van der Waals surface area contributed by atoms with Gasteiger partial charge in [-0.05, 0) is 43.5 Å². The van der Waals surface area contributed by atoms with Gasteiger partial charge in [0, 0.05) is 24.6 Å². The molecule has 0 radical (unpaired) electrons. The second-order valence-corrected chi connectivity index (χ2v) is 5.62. The SMILES string of the molecule is COc1ccc(C(=O)NC2CCc3nncn3CC2)c(C)c1. The monoisotopic (exact) mass is 300 g/mol. The van der Waals surface area contributed by atoms with Crippen LogP contribution in [0.2, 0.25) is 0 Å². The number of ether oxygens (including phenoxy) is 1. The van der Waals surface area contributed by atoms with E-state index in [4.69, 9.17) is 4.74 Å². The van der Waals surface area contributed by atoms with Gasteiger partial charge in [0.2, 0.25) is 0 Å². The third-order valence-electron chi connectivity index (χ3n) is 4.14. The minimum atomic E-state index is -0.0252. The van der Waals surface area contributed by atoms with E-state index in [1.807, 2.05) is 25.1 Å². The summed E-state index contributed by atoms with van der Waals surface area (Å²) in [7, 11) is 1.62. The van der Waals surface area contributed by atoms with E-state index in [0.717, 1.165) is 42.9 Å². The summed E-state index contributed by atoms with van der Waals surface area (Å²) >= 11 is 0. The molecule has 0 aliphatic carbocycles. The molecule has 1 aliphatic heterocycles. The smallest absolute Gasteiger partial charge is 0.251 e. The number of nitrogens with one attached hydrogen (secondary N) is 1. The van der Waals surface area contributed by atoms with E-state index in [1.54, 1.807) is 13.4 Å². The average molecular weight is 300 g/mol. The van der Waals surface area contributed by atoms with E-state index in [0.29, 0.717) is 5.56 Å². The highest BCUT2D eigenvalue weighted by atomic mass is 16.5. The molecule has 22 heavy (non-hydrogen) atoms. The zero-order valence-electron chi connectivity index (χ0n) is 12.9. The van der Waals surface area contributed by atoms with Crippen LogP contribution in [-0.4, -0.2) is 33.8 Å². The maximum absolute atomic E-state index is 12.5. The van der Waals surface area contributed by atoms with Crippen molar-refractivity contribution in [2.45, 2.75) is 38.8 Å². The molecule has 6 heteroatoms. The van der Waals surface area contributed by atoms with E-state index >= 15 is 0 Å². The van der Waals surface area contributed by atoms with Crippen molar-refractivity contribution >= 4 is 5.91 Å². The molecule has 2 heterocycles. The maximum atomic E-state index is 12.5. The Labute approximate surface area is 129 Å². The molecular weight excluding hydrogens is 280 g/mol. The van der Waals surface area contributed by atoms with E-state index in [2.05, 4.69) is 20.1 Å². The molecule has 0 bridgehead atoms. The highest BCUT2D eigenvalue weighted by Gasteiger charge is 2.20. The molecule has 3 rings (SSSR count). The summed E-state index contributed by atoms with van der Waals surface area (Å²) in [5.41, 5.74) is 1.62. The lowest BCUT2D eigenvalue weighted by Crippen LogP contribution is -2.35. The van der Waals surface area contributed by atoms with Crippen LogP contribution in [0.4, 0.5) is 0 Å². The van der Waals surface area contributed by atoms with Gasteiger partial charge in [-0.3, -0.25) is 4.79 Å². The van der Waals surface area contributed by atoms with E-state index in [1.165, 1.54) is 0 Å². The van der Waals surface area contributed by atoms with Crippen molar-refractivity contribution in [1.29, 1.82) is 0 Å². The summed E-state index contributed by atoms with van der Waals surface area (Å²) in [4.78, 5) is 12.5. The number of carbonyl (C=O) groups is 1. The molecule has 1 N–H and O–H groups in total. The summed E-state index contributed by atoms with van der Waals surface area (Å²) in [6.07, 6.45) is 4.38. The summed E-state index contributed by atoms with van der Waals surface area (Å²) in [6, 6.07) is 5.67. The Kier molecular flexibility index (Phi) is 4.09. The highest BCUT2D eigenvalue weighted by Crippen LogP contribution is 2.18. The van der Waals surface area contributed by atoms with E-state index < -0.39 is 0 Å². The Morgan fingerprint density at radius 2 is 2.27 bits per heavy atom. The number of aromatic nitrogens is 3. The summed E-state index contributed by atoms with van der Waals surface area (Å²) in [6.45, 7) is 2.76. The molecule has 0 saturated carbocycles. The number of carbonyl (C=O) groups excluding carboxylic acids is 1. The molecule has 0 saturated heterocycles. The van der Waals surface area contributed by atoms with E-state index in [9.17, 15) is 4.79 Å². The molecule has 2 aromatic rings. The van der Waals surface area contributed by atoms with Crippen molar-refractivity contribution in [2.75, 3.05) is 7.11 Å². The van der Waals surface area contributed by atoms with Crippen LogP contribution in [-0.2, 0) is 13.0 Å². The average Bonchev–Trinajstić information content (AvgIpc) is 2.89. The molecular formula is C16H20N4O2. The van der Waals surface area contributed by atoms with Crippen LogP contribution in [0.25, 0.3) is 0 Å². The first-order valence-electron chi connectivity index (χ1n) is 7.49. The van der Waals surface area contributed by atoms with Crippen molar-refractivity contribution in [3.05, 3.63) is 41.5 Å². The Bertz CT molecular complexity index is 658. The predicted molar refractivity (Wildman–Crippen MR) is 81.9 cm³/mol. The van der Waals surface area contributed by atoms with Crippen molar-refractivity contribution in [2.24, 2.45) is 0 Å². The Balaban J connectivity index is 1.66. The first kappa shape index (κ1) is 14.6. The Hall–Kier alpha value is -2.37. The van der Waals surface area contributed by atoms with Gasteiger partial charge in [-0.2, -0.15) is 0 Å². The van der Waals surface area contributed by atoms with Crippen LogP contribution in [0.15, 0.2) is 24.5 Å². The number of fused-ring (bicyclic) bond motifs is 1. The summed E-state index contributed by atoms with van der Waals surface area (Å²) in [5.74, 6) is 1.74. The number of methoxy groups -OCH3 is 1. The molecule has 1 aromatic heterocycles. The van der Waals surface area contributed by atoms with Crippen LogP contribution in [0, 0.1) is 6.92 Å². The van der Waals surface area contributed by atoms with Crippen molar-refractivity contribution in [3.63, 3.8) is 0 Å². The molecule has 116 valence electrons. The largest absolute Gasteiger partial charge is 0.497 e. The molecule has 1 atom stereocenters. The van der Waals surface area contributed by atoms with Gasteiger partial charge in [-0.1, -0.05) is 0 Å². The number of amides is 1. The van der Waals surface area contributed by atoms with E-state index in [-0.39, 0.29) is 11.9 Å². The first-order valence-corrected chi connectivity index (χ1v) is 7.49. The Morgan fingerprint density at radius 1 is 1.41 bits per heavy atom. The zero-order valence-corrected chi connectivity index (χ0v) is 12.9. The third-order valence-corrected chi connectivity index (χ3v) is 4.14. The number of hydrogen-bond acceptors (Lipinski definition) is 4. The highest BCUT2D eigenvalue weighted by molar-refractivity contribution is 5.96. The molecule has 0 spiro atoms. The Morgan fingerprint density at radius 3 is 3.05 bits per heavy atom. The zero-order chi connectivity index (χ0) is 15.5. The number of rotatable bonds is 3. The molecule has 1 aromatic carbocycles. The molecule has 1 unspecified atom stereocenters. The van der Waals surface area contributed by atoms with Crippen LogP contribution < -0.4 is 10.1 Å². The fourth-order valence-corrected chi connectivity index (χ4v) is 2.83. The van der Waals surface area contributed by atoms with Gasteiger partial charge in [0.1, 0.15) is 17.9 Å². The minimum Gasteiger partial charge on any atom is -0.497 e. The van der Waals surface area contributed by atoms with Crippen molar-refractivity contribution in [1.82, 2.24) is 20.1 Å². The van der Waals surface area contributed by atoms with Crippen LogP contribution >= 0.6 is 0 Å². The van der Waals surface area contributed by atoms with Crippen LogP contribution in [0.1, 0.15) is 34.6 Å². The molecule has 1 amide bonds. The van der Waals surface area contributed by atoms with Crippen LogP contribution in [0.5, 0.6) is 5.75 Å². The van der Waals surface area contributed by atoms with Gasteiger partial charge < -0.3 is 14.6 Å². The fourth-order valence-electron chi connectivity index (χ4n) is 2.83. The van der Waals surface area contributed by atoms with Crippen molar-refractivity contribution < 1.29 is 9.53 Å². The molecule has 6 nitrogen and oxygen atoms in total. The number of aryl methyl sites for hydroxylation is 3.